The van der Waals surface area contributed by atoms with Gasteiger partial charge in [-0.1, -0.05) is 12.1 Å². The predicted molar refractivity (Wildman–Crippen MR) is 63.9 cm³/mol. The van der Waals surface area contributed by atoms with Crippen LogP contribution in [0, 0.1) is 0 Å². The standard InChI is InChI=1S/C10H10BrNOS/c11-8-3-1-2-4-9(8)12-6-7(14)5-10(12)13/h1-4,7,14H,5-6H2. The lowest BCUT2D eigenvalue weighted by atomic mass is 10.3. The second-order valence-corrected chi connectivity index (χ2v) is 4.90. The van der Waals surface area contributed by atoms with Gasteiger partial charge in [-0.3, -0.25) is 4.79 Å². The maximum atomic E-state index is 11.6. The number of anilines is 1. The Morgan fingerprint density at radius 2 is 2.14 bits per heavy atom. The second kappa shape index (κ2) is 3.95. The summed E-state index contributed by atoms with van der Waals surface area (Å²) in [6.07, 6.45) is 0.532. The van der Waals surface area contributed by atoms with E-state index in [4.69, 9.17) is 0 Å². The van der Waals surface area contributed by atoms with E-state index in [0.717, 1.165) is 10.2 Å². The normalized spacial score (nSPS) is 21.7. The molecule has 1 aromatic carbocycles. The molecule has 1 saturated heterocycles. The molecule has 74 valence electrons. The van der Waals surface area contributed by atoms with Gasteiger partial charge in [0.1, 0.15) is 0 Å². The van der Waals surface area contributed by atoms with Crippen molar-refractivity contribution in [3.63, 3.8) is 0 Å². The predicted octanol–water partition coefficient (Wildman–Crippen LogP) is 2.48. The summed E-state index contributed by atoms with van der Waals surface area (Å²) in [5, 5.41) is 0.162. The molecule has 1 heterocycles. The molecule has 0 aromatic heterocycles. The van der Waals surface area contributed by atoms with Crippen LogP contribution in [0.2, 0.25) is 0 Å². The zero-order chi connectivity index (χ0) is 10.1. The topological polar surface area (TPSA) is 20.3 Å². The molecule has 0 aliphatic carbocycles. The summed E-state index contributed by atoms with van der Waals surface area (Å²) < 4.78 is 0.954. The molecule has 14 heavy (non-hydrogen) atoms. The van der Waals surface area contributed by atoms with Crippen LogP contribution >= 0.6 is 28.6 Å². The van der Waals surface area contributed by atoms with Crippen molar-refractivity contribution in [2.24, 2.45) is 0 Å². The Hall–Kier alpha value is -0.480. The molecule has 0 saturated carbocycles. The highest BCUT2D eigenvalue weighted by molar-refractivity contribution is 9.10. The number of thiol groups is 1. The monoisotopic (exact) mass is 271 g/mol. The van der Waals surface area contributed by atoms with E-state index in [1.807, 2.05) is 24.3 Å². The van der Waals surface area contributed by atoms with Crippen molar-refractivity contribution in [1.29, 1.82) is 0 Å². The molecule has 0 radical (unpaired) electrons. The molecule has 1 amide bonds. The average molecular weight is 272 g/mol. The van der Waals surface area contributed by atoms with Crippen molar-refractivity contribution >= 4 is 40.2 Å². The van der Waals surface area contributed by atoms with Crippen LogP contribution in [0.3, 0.4) is 0 Å². The van der Waals surface area contributed by atoms with Crippen molar-refractivity contribution in [3.8, 4) is 0 Å². The first-order valence-corrected chi connectivity index (χ1v) is 5.72. The summed E-state index contributed by atoms with van der Waals surface area (Å²) in [6, 6.07) is 7.74. The van der Waals surface area contributed by atoms with Gasteiger partial charge >= 0.3 is 0 Å². The first kappa shape index (κ1) is 10.1. The summed E-state index contributed by atoms with van der Waals surface area (Å²) in [4.78, 5) is 13.4. The lowest BCUT2D eigenvalue weighted by molar-refractivity contribution is -0.117. The molecular formula is C10H10BrNOS. The Morgan fingerprint density at radius 3 is 2.71 bits per heavy atom. The van der Waals surface area contributed by atoms with Crippen LogP contribution in [0.25, 0.3) is 0 Å². The first-order valence-electron chi connectivity index (χ1n) is 4.41. The Balaban J connectivity index is 2.32. The van der Waals surface area contributed by atoms with Gasteiger partial charge in [0.2, 0.25) is 5.91 Å². The van der Waals surface area contributed by atoms with E-state index in [2.05, 4.69) is 28.6 Å². The van der Waals surface area contributed by atoms with Crippen molar-refractivity contribution in [1.82, 2.24) is 0 Å². The van der Waals surface area contributed by atoms with Gasteiger partial charge in [0, 0.05) is 22.7 Å². The minimum absolute atomic E-state index is 0.150. The maximum absolute atomic E-state index is 11.6. The Labute approximate surface area is 96.8 Å². The van der Waals surface area contributed by atoms with Crippen molar-refractivity contribution in [2.45, 2.75) is 11.7 Å². The zero-order valence-corrected chi connectivity index (χ0v) is 9.96. The van der Waals surface area contributed by atoms with Gasteiger partial charge in [0.15, 0.2) is 0 Å². The number of carbonyl (C=O) groups is 1. The highest BCUT2D eigenvalue weighted by Crippen LogP contribution is 2.30. The number of amides is 1. The van der Waals surface area contributed by atoms with E-state index >= 15 is 0 Å². The molecule has 1 fully saturated rings. The molecule has 2 nitrogen and oxygen atoms in total. The summed E-state index contributed by atoms with van der Waals surface area (Å²) in [7, 11) is 0. The number of hydrogen-bond acceptors (Lipinski definition) is 2. The highest BCUT2D eigenvalue weighted by Gasteiger charge is 2.28. The molecular weight excluding hydrogens is 262 g/mol. The van der Waals surface area contributed by atoms with Gasteiger partial charge < -0.3 is 4.90 Å². The molecule has 4 heteroatoms. The van der Waals surface area contributed by atoms with E-state index in [1.54, 1.807) is 4.90 Å². The van der Waals surface area contributed by atoms with Gasteiger partial charge in [-0.2, -0.15) is 12.6 Å². The Bertz CT molecular complexity index is 369. The molecule has 1 atom stereocenters. The number of hydrogen-bond donors (Lipinski definition) is 1. The third-order valence-corrected chi connectivity index (χ3v) is 3.26. The number of para-hydroxylation sites is 1. The van der Waals surface area contributed by atoms with E-state index in [-0.39, 0.29) is 11.2 Å². The minimum atomic E-state index is 0.150. The van der Waals surface area contributed by atoms with Crippen molar-refractivity contribution < 1.29 is 4.79 Å². The highest BCUT2D eigenvalue weighted by atomic mass is 79.9. The van der Waals surface area contributed by atoms with Gasteiger partial charge in [0.25, 0.3) is 0 Å². The smallest absolute Gasteiger partial charge is 0.228 e. The molecule has 0 N–H and O–H groups in total. The largest absolute Gasteiger partial charge is 0.310 e. The lowest BCUT2D eigenvalue weighted by Crippen LogP contribution is -2.24. The molecule has 2 rings (SSSR count). The molecule has 1 unspecified atom stereocenters. The van der Waals surface area contributed by atoms with E-state index in [0.29, 0.717) is 13.0 Å². The Kier molecular flexibility index (Phi) is 2.83. The molecule has 1 aliphatic rings. The molecule has 1 aliphatic heterocycles. The minimum Gasteiger partial charge on any atom is -0.310 e. The summed E-state index contributed by atoms with van der Waals surface area (Å²) >= 11 is 7.75. The summed E-state index contributed by atoms with van der Waals surface area (Å²) in [6.45, 7) is 0.699. The SMILES string of the molecule is O=C1CC(S)CN1c1ccccc1Br. The maximum Gasteiger partial charge on any atom is 0.228 e. The second-order valence-electron chi connectivity index (χ2n) is 3.31. The first-order chi connectivity index (χ1) is 6.68. The quantitative estimate of drug-likeness (QED) is 0.779. The lowest BCUT2D eigenvalue weighted by Gasteiger charge is -2.17. The number of halogens is 1. The van der Waals surface area contributed by atoms with Gasteiger partial charge in [-0.15, -0.1) is 0 Å². The van der Waals surface area contributed by atoms with Crippen LogP contribution in [0.15, 0.2) is 28.7 Å². The summed E-state index contributed by atoms with van der Waals surface area (Å²) in [5.41, 5.74) is 0.939. The van der Waals surface area contributed by atoms with Gasteiger partial charge in [0.05, 0.1) is 5.69 Å². The van der Waals surface area contributed by atoms with Gasteiger partial charge in [-0.05, 0) is 28.1 Å². The number of carbonyl (C=O) groups excluding carboxylic acids is 1. The fourth-order valence-corrected chi connectivity index (χ4v) is 2.41. The van der Waals surface area contributed by atoms with Crippen LogP contribution in [-0.2, 0) is 4.79 Å². The van der Waals surface area contributed by atoms with Crippen LogP contribution in [0.1, 0.15) is 6.42 Å². The fraction of sp³-hybridized carbons (Fsp3) is 0.300. The molecule has 0 spiro atoms. The van der Waals surface area contributed by atoms with Crippen LogP contribution in [0.4, 0.5) is 5.69 Å². The third kappa shape index (κ3) is 1.81. The van der Waals surface area contributed by atoms with E-state index < -0.39 is 0 Å². The van der Waals surface area contributed by atoms with Crippen LogP contribution < -0.4 is 4.90 Å². The van der Waals surface area contributed by atoms with Crippen molar-refractivity contribution in [3.05, 3.63) is 28.7 Å². The fourth-order valence-electron chi connectivity index (χ4n) is 1.59. The van der Waals surface area contributed by atoms with E-state index in [1.165, 1.54) is 0 Å². The van der Waals surface area contributed by atoms with Crippen LogP contribution in [0.5, 0.6) is 0 Å². The average Bonchev–Trinajstić information content (AvgIpc) is 2.46. The number of nitrogens with zero attached hydrogens (tertiary/aromatic N) is 1. The van der Waals surface area contributed by atoms with Crippen LogP contribution in [-0.4, -0.2) is 17.7 Å². The summed E-state index contributed by atoms with van der Waals surface area (Å²) in [5.74, 6) is 0.150. The molecule has 0 bridgehead atoms. The van der Waals surface area contributed by atoms with E-state index in [9.17, 15) is 4.79 Å². The Morgan fingerprint density at radius 1 is 1.43 bits per heavy atom. The number of rotatable bonds is 1. The number of benzene rings is 1. The zero-order valence-electron chi connectivity index (χ0n) is 7.48. The molecule has 1 aromatic rings. The van der Waals surface area contributed by atoms with Crippen molar-refractivity contribution in [2.75, 3.05) is 11.4 Å². The third-order valence-electron chi connectivity index (χ3n) is 2.25. The van der Waals surface area contributed by atoms with Gasteiger partial charge in [-0.25, -0.2) is 0 Å².